The van der Waals surface area contributed by atoms with Gasteiger partial charge in [-0.1, -0.05) is 24.3 Å². The van der Waals surface area contributed by atoms with Gasteiger partial charge >= 0.3 is 6.16 Å². The Bertz CT molecular complexity index is 609. The first-order chi connectivity index (χ1) is 10.2. The maximum atomic E-state index is 11.9. The van der Waals surface area contributed by atoms with Crippen LogP contribution >= 0.6 is 0 Å². The Morgan fingerprint density at radius 3 is 1.86 bits per heavy atom. The molecule has 2 rings (SSSR count). The minimum absolute atomic E-state index is 0.291. The molecule has 2 aromatic rings. The second kappa shape index (κ2) is 7.19. The topological polar surface area (TPSA) is 54.0 Å². The molecule has 0 aliphatic rings. The molecule has 5 nitrogen and oxygen atoms in total. The third-order valence-corrected chi connectivity index (χ3v) is 2.60. The lowest BCUT2D eigenvalue weighted by molar-refractivity contribution is 0.148. The van der Waals surface area contributed by atoms with E-state index in [-0.39, 0.29) is 0 Å². The van der Waals surface area contributed by atoms with Gasteiger partial charge in [0.15, 0.2) is 23.0 Å². The molecule has 0 atom stereocenters. The van der Waals surface area contributed by atoms with Crippen molar-refractivity contribution in [2.75, 3.05) is 13.7 Å². The van der Waals surface area contributed by atoms with Crippen molar-refractivity contribution < 1.29 is 23.7 Å². The molecule has 0 amide bonds. The zero-order chi connectivity index (χ0) is 15.1. The minimum atomic E-state index is -0.855. The standard InChI is InChI=1S/C16H16O5/c1-3-19-13-9-5-7-11-15(13)21-16(17)20-14-10-6-4-8-12(14)18-2/h4-11H,3H2,1-2H3. The van der Waals surface area contributed by atoms with E-state index in [1.807, 2.05) is 6.92 Å². The molecule has 21 heavy (non-hydrogen) atoms. The van der Waals surface area contributed by atoms with Gasteiger partial charge in [-0.3, -0.25) is 0 Å². The molecule has 0 saturated carbocycles. The van der Waals surface area contributed by atoms with E-state index in [1.54, 1.807) is 48.5 Å². The highest BCUT2D eigenvalue weighted by atomic mass is 16.7. The van der Waals surface area contributed by atoms with E-state index < -0.39 is 6.16 Å². The van der Waals surface area contributed by atoms with Gasteiger partial charge in [-0.05, 0) is 31.2 Å². The number of ether oxygens (including phenoxy) is 4. The Balaban J connectivity index is 2.08. The zero-order valence-corrected chi connectivity index (χ0v) is 11.9. The van der Waals surface area contributed by atoms with Gasteiger partial charge < -0.3 is 18.9 Å². The summed E-state index contributed by atoms with van der Waals surface area (Å²) in [5.41, 5.74) is 0. The van der Waals surface area contributed by atoms with Gasteiger partial charge in [-0.15, -0.1) is 0 Å². The lowest BCUT2D eigenvalue weighted by Gasteiger charge is -2.11. The first kappa shape index (κ1) is 14.7. The van der Waals surface area contributed by atoms with Crippen LogP contribution in [0.1, 0.15) is 6.92 Å². The molecule has 0 heterocycles. The lowest BCUT2D eigenvalue weighted by atomic mass is 10.3. The number of carbonyl (C=O) groups is 1. The monoisotopic (exact) mass is 288 g/mol. The van der Waals surface area contributed by atoms with E-state index in [4.69, 9.17) is 18.9 Å². The van der Waals surface area contributed by atoms with Gasteiger partial charge in [-0.2, -0.15) is 0 Å². The Hall–Kier alpha value is -2.69. The highest BCUT2D eigenvalue weighted by Gasteiger charge is 2.14. The zero-order valence-electron chi connectivity index (χ0n) is 11.9. The summed E-state index contributed by atoms with van der Waals surface area (Å²) in [5.74, 6) is 1.53. The first-order valence-electron chi connectivity index (χ1n) is 6.49. The number of benzene rings is 2. The van der Waals surface area contributed by atoms with E-state index in [1.165, 1.54) is 7.11 Å². The fourth-order valence-corrected chi connectivity index (χ4v) is 1.71. The quantitative estimate of drug-likeness (QED) is 0.620. The summed E-state index contributed by atoms with van der Waals surface area (Å²) < 4.78 is 20.8. The van der Waals surface area contributed by atoms with Crippen LogP contribution in [0.5, 0.6) is 23.0 Å². The highest BCUT2D eigenvalue weighted by molar-refractivity contribution is 5.69. The van der Waals surface area contributed by atoms with Crippen LogP contribution in [0.4, 0.5) is 4.79 Å². The van der Waals surface area contributed by atoms with Crippen molar-refractivity contribution in [3.63, 3.8) is 0 Å². The van der Waals surface area contributed by atoms with Gasteiger partial charge in [0.2, 0.25) is 0 Å². The SMILES string of the molecule is CCOc1ccccc1OC(=O)Oc1ccccc1OC. The summed E-state index contributed by atoms with van der Waals surface area (Å²) in [4.78, 5) is 11.9. The van der Waals surface area contributed by atoms with E-state index in [0.717, 1.165) is 0 Å². The number of para-hydroxylation sites is 4. The third kappa shape index (κ3) is 3.89. The molecule has 0 aromatic heterocycles. The van der Waals surface area contributed by atoms with Crippen LogP contribution in [0.3, 0.4) is 0 Å². The third-order valence-electron chi connectivity index (χ3n) is 2.60. The van der Waals surface area contributed by atoms with Crippen LogP contribution in [-0.2, 0) is 0 Å². The van der Waals surface area contributed by atoms with Crippen LogP contribution < -0.4 is 18.9 Å². The van der Waals surface area contributed by atoms with Crippen LogP contribution in [0.15, 0.2) is 48.5 Å². The summed E-state index contributed by atoms with van der Waals surface area (Å²) in [6, 6.07) is 13.7. The summed E-state index contributed by atoms with van der Waals surface area (Å²) in [5, 5.41) is 0. The van der Waals surface area contributed by atoms with E-state index in [9.17, 15) is 4.79 Å². The normalized spacial score (nSPS) is 9.81. The molecule has 2 aromatic carbocycles. The minimum Gasteiger partial charge on any atom is -0.493 e. The summed E-state index contributed by atoms with van der Waals surface area (Å²) in [6.45, 7) is 2.33. The van der Waals surface area contributed by atoms with Crippen molar-refractivity contribution in [1.29, 1.82) is 0 Å². The molecule has 0 aliphatic heterocycles. The van der Waals surface area contributed by atoms with Crippen LogP contribution in [0, 0.1) is 0 Å². The number of methoxy groups -OCH3 is 1. The molecule has 110 valence electrons. The molecule has 0 bridgehead atoms. The Morgan fingerprint density at radius 2 is 1.33 bits per heavy atom. The lowest BCUT2D eigenvalue weighted by Crippen LogP contribution is -2.14. The van der Waals surface area contributed by atoms with Crippen molar-refractivity contribution in [3.8, 4) is 23.0 Å². The van der Waals surface area contributed by atoms with Crippen molar-refractivity contribution in [3.05, 3.63) is 48.5 Å². The molecule has 0 unspecified atom stereocenters. The fraction of sp³-hybridized carbons (Fsp3) is 0.188. The fourth-order valence-electron chi connectivity index (χ4n) is 1.71. The average molecular weight is 288 g/mol. The highest BCUT2D eigenvalue weighted by Crippen LogP contribution is 2.29. The number of rotatable bonds is 5. The Labute approximate surface area is 123 Å². The van der Waals surface area contributed by atoms with E-state index in [2.05, 4.69) is 0 Å². The summed E-state index contributed by atoms with van der Waals surface area (Å²) >= 11 is 0. The first-order valence-corrected chi connectivity index (χ1v) is 6.49. The maximum absolute atomic E-state index is 11.9. The molecule has 0 spiro atoms. The largest absolute Gasteiger partial charge is 0.519 e. The molecular weight excluding hydrogens is 272 g/mol. The van der Waals surface area contributed by atoms with Crippen molar-refractivity contribution in [2.24, 2.45) is 0 Å². The molecular formula is C16H16O5. The number of carbonyl (C=O) groups excluding carboxylic acids is 1. The van der Waals surface area contributed by atoms with Gasteiger partial charge in [0.1, 0.15) is 0 Å². The predicted molar refractivity (Wildman–Crippen MR) is 77.3 cm³/mol. The van der Waals surface area contributed by atoms with Gasteiger partial charge in [0.25, 0.3) is 0 Å². The summed E-state index contributed by atoms with van der Waals surface area (Å²) in [6.07, 6.45) is -0.855. The summed E-state index contributed by atoms with van der Waals surface area (Å²) in [7, 11) is 1.50. The van der Waals surface area contributed by atoms with Crippen LogP contribution in [-0.4, -0.2) is 19.9 Å². The maximum Gasteiger partial charge on any atom is 0.519 e. The van der Waals surface area contributed by atoms with Crippen LogP contribution in [0.25, 0.3) is 0 Å². The molecule has 0 fully saturated rings. The molecule has 0 saturated heterocycles. The van der Waals surface area contributed by atoms with Crippen molar-refractivity contribution in [1.82, 2.24) is 0 Å². The van der Waals surface area contributed by atoms with Crippen LogP contribution in [0.2, 0.25) is 0 Å². The second-order valence-electron chi connectivity index (χ2n) is 3.98. The van der Waals surface area contributed by atoms with Crippen molar-refractivity contribution in [2.45, 2.75) is 6.92 Å². The Morgan fingerprint density at radius 1 is 0.857 bits per heavy atom. The van der Waals surface area contributed by atoms with Gasteiger partial charge in [0, 0.05) is 0 Å². The van der Waals surface area contributed by atoms with Gasteiger partial charge in [0.05, 0.1) is 13.7 Å². The molecule has 0 aliphatic carbocycles. The number of hydrogen-bond donors (Lipinski definition) is 0. The van der Waals surface area contributed by atoms with Crippen molar-refractivity contribution >= 4 is 6.16 Å². The predicted octanol–water partition coefficient (Wildman–Crippen LogP) is 3.67. The van der Waals surface area contributed by atoms with E-state index in [0.29, 0.717) is 29.6 Å². The average Bonchev–Trinajstić information content (AvgIpc) is 2.50. The van der Waals surface area contributed by atoms with E-state index >= 15 is 0 Å². The van der Waals surface area contributed by atoms with Gasteiger partial charge in [-0.25, -0.2) is 4.79 Å². The molecule has 5 heteroatoms. The Kier molecular flexibility index (Phi) is 5.04. The number of hydrogen-bond acceptors (Lipinski definition) is 5. The molecule has 0 N–H and O–H groups in total. The smallest absolute Gasteiger partial charge is 0.493 e. The second-order valence-corrected chi connectivity index (χ2v) is 3.98. The molecule has 0 radical (unpaired) electrons.